The van der Waals surface area contributed by atoms with Crippen molar-refractivity contribution < 1.29 is 14.3 Å². The summed E-state index contributed by atoms with van der Waals surface area (Å²) in [6, 6.07) is 1.87. The van der Waals surface area contributed by atoms with Crippen molar-refractivity contribution >= 4 is 11.7 Å². The molecule has 22 heavy (non-hydrogen) atoms. The van der Waals surface area contributed by atoms with E-state index < -0.39 is 5.60 Å². The minimum atomic E-state index is -0.839. The first-order valence-electron chi connectivity index (χ1n) is 7.64. The predicted molar refractivity (Wildman–Crippen MR) is 80.7 cm³/mol. The molecule has 0 unspecified atom stereocenters. The molecule has 2 saturated heterocycles. The number of anilines is 1. The fourth-order valence-electron chi connectivity index (χ4n) is 2.92. The Kier molecular flexibility index (Phi) is 4.26. The fraction of sp³-hybridized carbons (Fsp3) is 0.667. The van der Waals surface area contributed by atoms with Gasteiger partial charge in [0, 0.05) is 25.8 Å². The molecule has 3 rings (SSSR count). The number of amides is 1. The second kappa shape index (κ2) is 6.18. The van der Waals surface area contributed by atoms with Crippen LogP contribution in [0.15, 0.2) is 12.3 Å². The molecule has 0 aromatic carbocycles. The molecule has 1 atom stereocenters. The van der Waals surface area contributed by atoms with Crippen molar-refractivity contribution in [3.05, 3.63) is 18.1 Å². The smallest absolute Gasteiger partial charge is 0.256 e. The number of nitrogens with zero attached hydrogens (tertiary/aromatic N) is 4. The maximum absolute atomic E-state index is 12.8. The van der Waals surface area contributed by atoms with Crippen molar-refractivity contribution in [1.82, 2.24) is 14.9 Å². The molecule has 1 amide bonds. The zero-order valence-corrected chi connectivity index (χ0v) is 13.1. The number of morpholine rings is 2. The van der Waals surface area contributed by atoms with Crippen LogP contribution < -0.4 is 4.90 Å². The summed E-state index contributed by atoms with van der Waals surface area (Å²) in [4.78, 5) is 25.3. The number of aryl methyl sites for hydroxylation is 1. The van der Waals surface area contributed by atoms with Gasteiger partial charge in [-0.3, -0.25) is 4.79 Å². The highest BCUT2D eigenvalue weighted by molar-refractivity contribution is 5.86. The molecule has 2 fully saturated rings. The van der Waals surface area contributed by atoms with Crippen LogP contribution in [0.5, 0.6) is 0 Å². The van der Waals surface area contributed by atoms with E-state index in [0.717, 1.165) is 18.2 Å². The highest BCUT2D eigenvalue weighted by Crippen LogP contribution is 2.24. The van der Waals surface area contributed by atoms with Gasteiger partial charge in [-0.05, 0) is 19.9 Å². The maximum atomic E-state index is 12.8. The van der Waals surface area contributed by atoms with Crippen molar-refractivity contribution in [3.63, 3.8) is 0 Å². The molecule has 2 aliphatic heterocycles. The third-order valence-corrected chi connectivity index (χ3v) is 4.11. The zero-order chi connectivity index (χ0) is 15.6. The number of carbonyl (C=O) groups excluding carboxylic acids is 1. The van der Waals surface area contributed by atoms with Crippen molar-refractivity contribution in [2.24, 2.45) is 0 Å². The lowest BCUT2D eigenvalue weighted by atomic mass is 10.0. The van der Waals surface area contributed by atoms with Gasteiger partial charge in [-0.1, -0.05) is 0 Å². The quantitative estimate of drug-likeness (QED) is 0.780. The number of aromatic nitrogens is 2. The first-order valence-corrected chi connectivity index (χ1v) is 7.64. The van der Waals surface area contributed by atoms with Gasteiger partial charge in [-0.15, -0.1) is 0 Å². The SMILES string of the molecule is Cc1nccc(N2CCO[C@@](C)(C(=O)N3CCOCC3)C2)n1. The van der Waals surface area contributed by atoms with E-state index in [4.69, 9.17) is 9.47 Å². The van der Waals surface area contributed by atoms with Crippen molar-refractivity contribution in [1.29, 1.82) is 0 Å². The number of ether oxygens (including phenoxy) is 2. The predicted octanol–water partition coefficient (Wildman–Crippen LogP) is 0.239. The van der Waals surface area contributed by atoms with Gasteiger partial charge in [-0.2, -0.15) is 0 Å². The van der Waals surface area contributed by atoms with E-state index in [1.165, 1.54) is 0 Å². The fourth-order valence-corrected chi connectivity index (χ4v) is 2.92. The average Bonchev–Trinajstić information content (AvgIpc) is 2.55. The summed E-state index contributed by atoms with van der Waals surface area (Å²) in [7, 11) is 0. The van der Waals surface area contributed by atoms with E-state index in [-0.39, 0.29) is 5.91 Å². The van der Waals surface area contributed by atoms with Gasteiger partial charge in [0.2, 0.25) is 0 Å². The number of carbonyl (C=O) groups is 1. The van der Waals surface area contributed by atoms with E-state index in [1.807, 2.05) is 24.8 Å². The van der Waals surface area contributed by atoms with Crippen molar-refractivity contribution in [2.75, 3.05) is 50.9 Å². The van der Waals surface area contributed by atoms with Crippen LogP contribution >= 0.6 is 0 Å². The van der Waals surface area contributed by atoms with Crippen LogP contribution in [-0.4, -0.2) is 72.4 Å². The molecular weight excluding hydrogens is 284 g/mol. The van der Waals surface area contributed by atoms with Crippen LogP contribution in [0, 0.1) is 6.92 Å². The third kappa shape index (κ3) is 3.05. The molecule has 0 N–H and O–H groups in total. The van der Waals surface area contributed by atoms with Gasteiger partial charge < -0.3 is 19.3 Å². The van der Waals surface area contributed by atoms with E-state index in [9.17, 15) is 4.79 Å². The lowest BCUT2D eigenvalue weighted by Crippen LogP contribution is -2.60. The minimum Gasteiger partial charge on any atom is -0.378 e. The van der Waals surface area contributed by atoms with E-state index in [2.05, 4.69) is 14.9 Å². The maximum Gasteiger partial charge on any atom is 0.256 e. The topological polar surface area (TPSA) is 67.8 Å². The van der Waals surface area contributed by atoms with Gasteiger partial charge in [0.05, 0.1) is 26.4 Å². The average molecular weight is 306 g/mol. The lowest BCUT2D eigenvalue weighted by molar-refractivity contribution is -0.161. The molecule has 3 heterocycles. The molecule has 2 aliphatic rings. The Labute approximate surface area is 130 Å². The van der Waals surface area contributed by atoms with Gasteiger partial charge >= 0.3 is 0 Å². The molecule has 7 nitrogen and oxygen atoms in total. The molecule has 0 spiro atoms. The van der Waals surface area contributed by atoms with E-state index >= 15 is 0 Å². The Morgan fingerprint density at radius 1 is 1.27 bits per heavy atom. The monoisotopic (exact) mass is 306 g/mol. The Bertz CT molecular complexity index is 547. The van der Waals surface area contributed by atoms with Crippen LogP contribution in [0.2, 0.25) is 0 Å². The summed E-state index contributed by atoms with van der Waals surface area (Å²) < 4.78 is 11.2. The number of hydrogen-bond donors (Lipinski definition) is 0. The highest BCUT2D eigenvalue weighted by Gasteiger charge is 2.42. The van der Waals surface area contributed by atoms with Crippen LogP contribution in [0.1, 0.15) is 12.7 Å². The number of hydrogen-bond acceptors (Lipinski definition) is 6. The standard InChI is InChI=1S/C15H22N4O3/c1-12-16-4-3-13(17-12)19-7-10-22-15(2,11-19)14(20)18-5-8-21-9-6-18/h3-4H,5-11H2,1-2H3/t15-/m1/s1. The second-order valence-corrected chi connectivity index (χ2v) is 5.87. The molecular formula is C15H22N4O3. The van der Waals surface area contributed by atoms with Crippen LogP contribution in [-0.2, 0) is 14.3 Å². The molecule has 0 radical (unpaired) electrons. The summed E-state index contributed by atoms with van der Waals surface area (Å²) in [5.74, 6) is 1.60. The van der Waals surface area contributed by atoms with Gasteiger partial charge in [0.1, 0.15) is 11.6 Å². The van der Waals surface area contributed by atoms with Crippen LogP contribution in [0.3, 0.4) is 0 Å². The van der Waals surface area contributed by atoms with Crippen LogP contribution in [0.4, 0.5) is 5.82 Å². The highest BCUT2D eigenvalue weighted by atomic mass is 16.5. The Balaban J connectivity index is 1.74. The summed E-state index contributed by atoms with van der Waals surface area (Å²) in [6.45, 7) is 7.91. The Morgan fingerprint density at radius 2 is 2.05 bits per heavy atom. The third-order valence-electron chi connectivity index (χ3n) is 4.11. The van der Waals surface area contributed by atoms with Gasteiger partial charge in [0.15, 0.2) is 5.60 Å². The summed E-state index contributed by atoms with van der Waals surface area (Å²) in [6.07, 6.45) is 1.74. The molecule has 7 heteroatoms. The molecule has 0 saturated carbocycles. The Hall–Kier alpha value is -1.73. The van der Waals surface area contributed by atoms with Gasteiger partial charge in [0.25, 0.3) is 5.91 Å². The summed E-state index contributed by atoms with van der Waals surface area (Å²) in [5.41, 5.74) is -0.839. The number of rotatable bonds is 2. The molecule has 0 aliphatic carbocycles. The molecule has 1 aromatic rings. The Morgan fingerprint density at radius 3 is 2.77 bits per heavy atom. The van der Waals surface area contributed by atoms with E-state index in [1.54, 1.807) is 6.20 Å². The van der Waals surface area contributed by atoms with Crippen molar-refractivity contribution in [2.45, 2.75) is 19.4 Å². The zero-order valence-electron chi connectivity index (χ0n) is 13.1. The summed E-state index contributed by atoms with van der Waals surface area (Å²) >= 11 is 0. The molecule has 1 aromatic heterocycles. The van der Waals surface area contributed by atoms with Gasteiger partial charge in [-0.25, -0.2) is 9.97 Å². The molecule has 0 bridgehead atoms. The molecule has 120 valence electrons. The first kappa shape index (κ1) is 15.2. The normalized spacial score (nSPS) is 26.1. The lowest BCUT2D eigenvalue weighted by Gasteiger charge is -2.42. The minimum absolute atomic E-state index is 0.0336. The van der Waals surface area contributed by atoms with Crippen molar-refractivity contribution in [3.8, 4) is 0 Å². The van der Waals surface area contributed by atoms with E-state index in [0.29, 0.717) is 39.5 Å². The van der Waals surface area contributed by atoms with Crippen LogP contribution in [0.25, 0.3) is 0 Å². The summed E-state index contributed by atoms with van der Waals surface area (Å²) in [5, 5.41) is 0. The first-order chi connectivity index (χ1) is 10.6. The largest absolute Gasteiger partial charge is 0.378 e. The second-order valence-electron chi connectivity index (χ2n) is 5.87.